The predicted molar refractivity (Wildman–Crippen MR) is 227 cm³/mol. The minimum atomic E-state index is 0.869. The molecule has 0 atom stereocenters. The van der Waals surface area contributed by atoms with Crippen LogP contribution in [0.5, 0.6) is 0 Å². The van der Waals surface area contributed by atoms with E-state index in [0.717, 1.165) is 60.6 Å². The average molecular weight is 687 g/mol. The fourth-order valence-electron chi connectivity index (χ4n) is 8.99. The lowest BCUT2D eigenvalue weighted by atomic mass is 9.85. The Labute approximate surface area is 310 Å². The first-order valence-corrected chi connectivity index (χ1v) is 18.5. The highest BCUT2D eigenvalue weighted by atomic mass is 16.3. The highest BCUT2D eigenvalue weighted by Crippen LogP contribution is 2.46. The molecular formula is C52H30O2. The van der Waals surface area contributed by atoms with E-state index in [0.29, 0.717) is 0 Å². The molecule has 0 aliphatic heterocycles. The van der Waals surface area contributed by atoms with Gasteiger partial charge in [0.1, 0.15) is 22.3 Å². The maximum atomic E-state index is 6.63. The van der Waals surface area contributed by atoms with Crippen LogP contribution in [-0.2, 0) is 0 Å². The van der Waals surface area contributed by atoms with Crippen LogP contribution < -0.4 is 0 Å². The summed E-state index contributed by atoms with van der Waals surface area (Å²) in [7, 11) is 0. The minimum Gasteiger partial charge on any atom is -0.456 e. The van der Waals surface area contributed by atoms with Gasteiger partial charge in [-0.25, -0.2) is 0 Å². The number of hydrogen-bond donors (Lipinski definition) is 0. The van der Waals surface area contributed by atoms with E-state index in [1.807, 2.05) is 6.07 Å². The second-order valence-electron chi connectivity index (χ2n) is 14.4. The van der Waals surface area contributed by atoms with Gasteiger partial charge in [0.25, 0.3) is 0 Å². The molecule has 12 aromatic rings. The van der Waals surface area contributed by atoms with Gasteiger partial charge in [0.05, 0.1) is 0 Å². The zero-order valence-electron chi connectivity index (χ0n) is 29.1. The fourth-order valence-corrected chi connectivity index (χ4v) is 8.99. The van der Waals surface area contributed by atoms with Gasteiger partial charge >= 0.3 is 0 Å². The van der Waals surface area contributed by atoms with Crippen molar-refractivity contribution in [1.29, 1.82) is 0 Å². The molecule has 0 radical (unpaired) electrons. The number of hydrogen-bond acceptors (Lipinski definition) is 2. The van der Waals surface area contributed by atoms with E-state index in [-0.39, 0.29) is 0 Å². The van der Waals surface area contributed by atoms with Crippen molar-refractivity contribution >= 4 is 87.0 Å². The Bertz CT molecular complexity index is 3450. The van der Waals surface area contributed by atoms with Gasteiger partial charge in [0.15, 0.2) is 0 Å². The maximum Gasteiger partial charge on any atom is 0.143 e. The lowest BCUT2D eigenvalue weighted by molar-refractivity contribution is 0.668. The molecule has 0 fully saturated rings. The molecule has 0 spiro atoms. The molecule has 0 saturated heterocycles. The third kappa shape index (κ3) is 4.22. The van der Waals surface area contributed by atoms with E-state index in [9.17, 15) is 0 Å². The lowest BCUT2D eigenvalue weighted by Gasteiger charge is -2.18. The molecule has 0 N–H and O–H groups in total. The molecular weight excluding hydrogens is 657 g/mol. The van der Waals surface area contributed by atoms with E-state index >= 15 is 0 Å². The molecule has 0 aliphatic rings. The zero-order valence-corrected chi connectivity index (χ0v) is 29.1. The Hall–Kier alpha value is -7.16. The van der Waals surface area contributed by atoms with Gasteiger partial charge in [-0.15, -0.1) is 0 Å². The standard InChI is InChI=1S/C52H30O2/c1-2-12-32-27-34(22-21-31(32)11-1)49-39-16-5-7-18-41(39)50(42-19-8-6-17-40(42)49)35-23-25-47-43(29-35)44-30-36(24-26-48(44)53-47)51-37-14-4-3-13-33(37)28-45-38-15-9-10-20-46(38)54-52(45)51/h1-30H. The number of fused-ring (bicyclic) bond motifs is 10. The van der Waals surface area contributed by atoms with Gasteiger partial charge in [-0.3, -0.25) is 0 Å². The highest BCUT2D eigenvalue weighted by molar-refractivity contribution is 6.23. The predicted octanol–water partition coefficient (Wildman–Crippen LogP) is 15.1. The van der Waals surface area contributed by atoms with Gasteiger partial charge in [-0.05, 0) is 113 Å². The molecule has 0 amide bonds. The Morgan fingerprint density at radius 3 is 1.35 bits per heavy atom. The normalized spacial score (nSPS) is 12.1. The third-order valence-electron chi connectivity index (χ3n) is 11.4. The summed E-state index contributed by atoms with van der Waals surface area (Å²) >= 11 is 0. The van der Waals surface area contributed by atoms with Crippen molar-refractivity contribution in [2.75, 3.05) is 0 Å². The van der Waals surface area contributed by atoms with E-state index in [4.69, 9.17) is 8.83 Å². The second kappa shape index (κ2) is 11.2. The van der Waals surface area contributed by atoms with E-state index < -0.39 is 0 Å². The van der Waals surface area contributed by atoms with Crippen LogP contribution >= 0.6 is 0 Å². The summed E-state index contributed by atoms with van der Waals surface area (Å²) < 4.78 is 13.1. The minimum absolute atomic E-state index is 0.869. The van der Waals surface area contributed by atoms with Crippen LogP contribution in [0.1, 0.15) is 0 Å². The van der Waals surface area contributed by atoms with Crippen LogP contribution in [0.2, 0.25) is 0 Å². The Balaban J connectivity index is 1.11. The van der Waals surface area contributed by atoms with E-state index in [2.05, 4.69) is 176 Å². The van der Waals surface area contributed by atoms with E-state index in [1.165, 1.54) is 59.8 Å². The van der Waals surface area contributed by atoms with Gasteiger partial charge in [-0.2, -0.15) is 0 Å². The van der Waals surface area contributed by atoms with Crippen molar-refractivity contribution in [1.82, 2.24) is 0 Å². The molecule has 0 saturated carbocycles. The van der Waals surface area contributed by atoms with Gasteiger partial charge in [0, 0.05) is 27.1 Å². The Kier molecular flexibility index (Phi) is 6.09. The summed E-state index contributed by atoms with van der Waals surface area (Å²) in [5.74, 6) is 0. The molecule has 2 heterocycles. The Morgan fingerprint density at radius 1 is 0.241 bits per heavy atom. The summed E-state index contributed by atoms with van der Waals surface area (Å²) in [6.45, 7) is 0. The molecule has 2 nitrogen and oxygen atoms in total. The van der Waals surface area contributed by atoms with Crippen molar-refractivity contribution in [2.24, 2.45) is 0 Å². The van der Waals surface area contributed by atoms with Gasteiger partial charge in [-0.1, -0.05) is 140 Å². The summed E-state index contributed by atoms with van der Waals surface area (Å²) in [6, 6.07) is 65.6. The monoisotopic (exact) mass is 686 g/mol. The fraction of sp³-hybridized carbons (Fsp3) is 0. The SMILES string of the molecule is c1ccc2cc(-c3c4ccccc4c(-c4ccc5oc6ccc(-c7c8ccccc8cc8c7oc7ccccc78)cc6c5c4)c4ccccc34)ccc2c1. The van der Waals surface area contributed by atoms with Crippen LogP contribution in [-0.4, -0.2) is 0 Å². The zero-order chi connectivity index (χ0) is 35.3. The summed E-state index contributed by atoms with van der Waals surface area (Å²) in [6.07, 6.45) is 0. The number of para-hydroxylation sites is 1. The summed E-state index contributed by atoms with van der Waals surface area (Å²) in [5.41, 5.74) is 10.6. The van der Waals surface area contributed by atoms with Crippen molar-refractivity contribution < 1.29 is 8.83 Å². The van der Waals surface area contributed by atoms with Crippen LogP contribution in [0.25, 0.3) is 120 Å². The molecule has 250 valence electrons. The molecule has 2 aromatic heterocycles. The van der Waals surface area contributed by atoms with Crippen LogP contribution in [0, 0.1) is 0 Å². The molecule has 12 rings (SSSR count). The lowest BCUT2D eigenvalue weighted by Crippen LogP contribution is -1.91. The first-order valence-electron chi connectivity index (χ1n) is 18.5. The summed E-state index contributed by atoms with van der Waals surface area (Å²) in [4.78, 5) is 0. The average Bonchev–Trinajstić information content (AvgIpc) is 3.79. The van der Waals surface area contributed by atoms with Crippen molar-refractivity contribution in [3.05, 3.63) is 182 Å². The molecule has 0 bridgehead atoms. The van der Waals surface area contributed by atoms with Crippen LogP contribution in [0.15, 0.2) is 191 Å². The van der Waals surface area contributed by atoms with Crippen LogP contribution in [0.3, 0.4) is 0 Å². The third-order valence-corrected chi connectivity index (χ3v) is 11.4. The molecule has 0 aliphatic carbocycles. The van der Waals surface area contributed by atoms with Crippen LogP contribution in [0.4, 0.5) is 0 Å². The second-order valence-corrected chi connectivity index (χ2v) is 14.4. The molecule has 0 unspecified atom stereocenters. The Morgan fingerprint density at radius 2 is 0.704 bits per heavy atom. The number of rotatable bonds is 3. The highest BCUT2D eigenvalue weighted by Gasteiger charge is 2.20. The topological polar surface area (TPSA) is 26.3 Å². The van der Waals surface area contributed by atoms with E-state index in [1.54, 1.807) is 0 Å². The molecule has 10 aromatic carbocycles. The largest absolute Gasteiger partial charge is 0.456 e. The first kappa shape index (κ1) is 29.4. The molecule has 2 heteroatoms. The summed E-state index contributed by atoms with van der Waals surface area (Å²) in [5, 5.41) is 14.2. The quantitative estimate of drug-likeness (QED) is 0.173. The van der Waals surface area contributed by atoms with Gasteiger partial charge < -0.3 is 8.83 Å². The van der Waals surface area contributed by atoms with Crippen molar-refractivity contribution in [2.45, 2.75) is 0 Å². The maximum absolute atomic E-state index is 6.63. The smallest absolute Gasteiger partial charge is 0.143 e. The van der Waals surface area contributed by atoms with Crippen molar-refractivity contribution in [3.63, 3.8) is 0 Å². The molecule has 54 heavy (non-hydrogen) atoms. The first-order chi connectivity index (χ1) is 26.8. The number of furan rings is 2. The van der Waals surface area contributed by atoms with Gasteiger partial charge in [0.2, 0.25) is 0 Å². The van der Waals surface area contributed by atoms with Crippen molar-refractivity contribution in [3.8, 4) is 33.4 Å². The number of benzene rings is 10.